The Bertz CT molecular complexity index is 37.8. The summed E-state index contributed by atoms with van der Waals surface area (Å²) in [5.74, 6) is 0. The van der Waals surface area contributed by atoms with Crippen molar-refractivity contribution in [1.29, 1.82) is 0 Å². The molecule has 0 amide bonds. The van der Waals surface area contributed by atoms with Crippen molar-refractivity contribution in [2.24, 2.45) is 0 Å². The predicted molar refractivity (Wildman–Crippen MR) is 25.5 cm³/mol. The Kier molecular flexibility index (Phi) is 4.79. The first kappa shape index (κ1) is 4.91. The van der Waals surface area contributed by atoms with Crippen molar-refractivity contribution in [3.05, 3.63) is 0 Å². The molecule has 0 spiro atoms. The van der Waals surface area contributed by atoms with Crippen LogP contribution in [0, 0.1) is 5.25 Å². The summed E-state index contributed by atoms with van der Waals surface area (Å²) in [5, 5.41) is 2.57. The van der Waals surface area contributed by atoms with Gasteiger partial charge >= 0.3 is 37.4 Å². The first-order valence-corrected chi connectivity index (χ1v) is 4.37. The minimum atomic E-state index is 0.567. The molecule has 0 atom stereocenters. The molecule has 0 aromatic rings. The van der Waals surface area contributed by atoms with Crippen molar-refractivity contribution >= 4 is 32.1 Å². The second-order valence-corrected chi connectivity index (χ2v) is 2.48. The van der Waals surface area contributed by atoms with Crippen LogP contribution in [0.15, 0.2) is 0 Å². The van der Waals surface area contributed by atoms with Crippen molar-refractivity contribution in [1.82, 2.24) is 0 Å². The van der Waals surface area contributed by atoms with Crippen LogP contribution in [0.5, 0.6) is 0 Å². The van der Waals surface area contributed by atoms with Gasteiger partial charge in [0.25, 0.3) is 0 Å². The molecule has 2 radical (unpaired) electrons. The molecule has 4 heavy (non-hydrogen) atoms. The van der Waals surface area contributed by atoms with Gasteiger partial charge in [0.05, 0.1) is 0 Å². The fraction of sp³-hybridized carbons (Fsp3) is 0. The fourth-order valence-electron chi connectivity index (χ4n) is 0. The molecule has 0 unspecified atom stereocenters. The van der Waals surface area contributed by atoms with E-state index in [-0.39, 0.29) is 0 Å². The van der Waals surface area contributed by atoms with Crippen LogP contribution in [0.3, 0.4) is 0 Å². The zero-order valence-corrected chi connectivity index (χ0v) is 5.31. The first-order valence-electron chi connectivity index (χ1n) is 0.663. The van der Waals surface area contributed by atoms with Crippen LogP contribution >= 0.6 is 24.0 Å². The SMILES string of the molecule is P#C[Si]Br. The Balaban J connectivity index is 2.43. The van der Waals surface area contributed by atoms with E-state index in [2.05, 4.69) is 29.2 Å². The number of halogens is 1. The van der Waals surface area contributed by atoms with Crippen molar-refractivity contribution in [3.8, 4) is 5.25 Å². The average Bonchev–Trinajstić information content (AvgIpc) is 1.37. The monoisotopic (exact) mass is 150 g/mol. The molecule has 0 aliphatic carbocycles. The molecule has 0 saturated heterocycles. The van der Waals surface area contributed by atoms with Gasteiger partial charge in [-0.2, -0.15) is 0 Å². The number of rotatable bonds is 0. The Morgan fingerprint density at radius 2 is 2.25 bits per heavy atom. The molecule has 0 aromatic carbocycles. The second kappa shape index (κ2) is 3.91. The zero-order chi connectivity index (χ0) is 3.41. The topological polar surface area (TPSA) is 0 Å². The minimum absolute atomic E-state index is 0.567. The van der Waals surface area contributed by atoms with Gasteiger partial charge in [-0.15, -0.1) is 0 Å². The first-order chi connectivity index (χ1) is 1.91. The molecule has 0 aliphatic heterocycles. The van der Waals surface area contributed by atoms with Crippen molar-refractivity contribution in [3.63, 3.8) is 0 Å². The van der Waals surface area contributed by atoms with Crippen molar-refractivity contribution in [2.75, 3.05) is 0 Å². The van der Waals surface area contributed by atoms with Gasteiger partial charge in [0, 0.05) is 0 Å². The molecule has 3 heteroatoms. The molecule has 0 N–H and O–H groups in total. The van der Waals surface area contributed by atoms with E-state index in [0.29, 0.717) is 8.14 Å². The third-order valence-electron chi connectivity index (χ3n) is 0.0423. The van der Waals surface area contributed by atoms with E-state index in [9.17, 15) is 0 Å². The molecule has 0 aliphatic rings. The molecule has 0 saturated carbocycles. The van der Waals surface area contributed by atoms with Crippen LogP contribution in [0.2, 0.25) is 0 Å². The van der Waals surface area contributed by atoms with Gasteiger partial charge in [-0.25, -0.2) is 0 Å². The molecular formula is CBrPSi. The molecule has 20 valence electrons. The summed E-state index contributed by atoms with van der Waals surface area (Å²) in [6.07, 6.45) is 0. The quantitative estimate of drug-likeness (QED) is 0.278. The van der Waals surface area contributed by atoms with Crippen LogP contribution in [0.4, 0.5) is 0 Å². The maximum absolute atomic E-state index is 3.64. The Morgan fingerprint density at radius 3 is 2.25 bits per heavy atom. The summed E-state index contributed by atoms with van der Waals surface area (Å²) in [7, 11) is 4.20. The third-order valence-corrected chi connectivity index (χ3v) is 1.98. The van der Waals surface area contributed by atoms with Gasteiger partial charge in [-0.1, -0.05) is 0 Å². The van der Waals surface area contributed by atoms with E-state index in [0.717, 1.165) is 0 Å². The number of hydrogen-bond acceptors (Lipinski definition) is 0. The summed E-state index contributed by atoms with van der Waals surface area (Å²) in [5.41, 5.74) is 0. The summed E-state index contributed by atoms with van der Waals surface area (Å²) in [6, 6.07) is 0. The van der Waals surface area contributed by atoms with Gasteiger partial charge in [0.2, 0.25) is 0 Å². The van der Waals surface area contributed by atoms with Crippen LogP contribution in [-0.2, 0) is 0 Å². The zero-order valence-electron chi connectivity index (χ0n) is 1.83. The van der Waals surface area contributed by atoms with E-state index < -0.39 is 0 Å². The van der Waals surface area contributed by atoms with E-state index in [1.807, 2.05) is 0 Å². The Hall–Kier alpha value is 0.907. The average molecular weight is 151 g/mol. The predicted octanol–water partition coefficient (Wildman–Crippen LogP) is 1.33. The molecule has 0 bridgehead atoms. The second-order valence-electron chi connectivity index (χ2n) is 0.206. The van der Waals surface area contributed by atoms with Gasteiger partial charge in [-0.3, -0.25) is 0 Å². The van der Waals surface area contributed by atoms with Crippen LogP contribution in [0.1, 0.15) is 0 Å². The van der Waals surface area contributed by atoms with Gasteiger partial charge in [0.15, 0.2) is 0 Å². The Morgan fingerprint density at radius 1 is 2.00 bits per heavy atom. The molecular weight excluding hydrogens is 151 g/mol. The molecule has 0 rings (SSSR count). The van der Waals surface area contributed by atoms with E-state index in [1.165, 1.54) is 0 Å². The Labute approximate surface area is 37.9 Å². The molecule has 0 nitrogen and oxygen atoms in total. The summed E-state index contributed by atoms with van der Waals surface area (Å²) < 4.78 is 0. The summed E-state index contributed by atoms with van der Waals surface area (Å²) >= 11 is 3.09. The standard InChI is InChI=1S/CBrPSi/c2-4-1-3. The van der Waals surface area contributed by atoms with Crippen LogP contribution < -0.4 is 0 Å². The van der Waals surface area contributed by atoms with Crippen LogP contribution in [0.25, 0.3) is 0 Å². The van der Waals surface area contributed by atoms with E-state index >= 15 is 0 Å². The van der Waals surface area contributed by atoms with Crippen molar-refractivity contribution in [2.45, 2.75) is 0 Å². The van der Waals surface area contributed by atoms with Crippen LogP contribution in [-0.4, -0.2) is 8.14 Å². The summed E-state index contributed by atoms with van der Waals surface area (Å²) in [6.45, 7) is 0. The number of hydrogen-bond donors (Lipinski definition) is 0. The fourth-order valence-corrected chi connectivity index (χ4v) is 0. The molecule has 0 heterocycles. The molecule has 0 aromatic heterocycles. The third kappa shape index (κ3) is 2.91. The van der Waals surface area contributed by atoms with Gasteiger partial charge < -0.3 is 0 Å². The van der Waals surface area contributed by atoms with E-state index in [4.69, 9.17) is 0 Å². The maximum atomic E-state index is 3.64. The summed E-state index contributed by atoms with van der Waals surface area (Å²) in [4.78, 5) is 0. The van der Waals surface area contributed by atoms with Gasteiger partial charge in [0.1, 0.15) is 0 Å². The molecule has 0 fully saturated rings. The van der Waals surface area contributed by atoms with Crippen molar-refractivity contribution < 1.29 is 0 Å². The van der Waals surface area contributed by atoms with Gasteiger partial charge in [-0.05, 0) is 0 Å². The van der Waals surface area contributed by atoms with E-state index in [1.54, 1.807) is 0 Å². The normalized spacial score (nSPS) is 5.00.